The maximum absolute atomic E-state index is 6.28. The number of likely N-dealkylation sites (tertiary alicyclic amines) is 1. The summed E-state index contributed by atoms with van der Waals surface area (Å²) in [6, 6.07) is 21.0. The number of nitrogens with zero attached hydrogens (tertiary/aromatic N) is 1. The quantitative estimate of drug-likeness (QED) is 0.600. The van der Waals surface area contributed by atoms with Crippen LogP contribution in [-0.4, -0.2) is 31.1 Å². The lowest BCUT2D eigenvalue weighted by molar-refractivity contribution is 0.0557. The Kier molecular flexibility index (Phi) is 12.5. The highest BCUT2D eigenvalue weighted by Crippen LogP contribution is 2.25. The Labute approximate surface area is 161 Å². The highest BCUT2D eigenvalue weighted by Gasteiger charge is 2.15. The van der Waals surface area contributed by atoms with Gasteiger partial charge in [0.05, 0.1) is 6.61 Å². The molecule has 0 aromatic heterocycles. The standard InChI is InChI=1S/C20H25NO.2C2H6/c1-4-10-18(11-5-1)20(19-12-6-2-7-13-19)22-17-16-21-14-8-3-9-15-21;2*1-2/h1-2,4-7,10-13,20H,3,8-9,14-17H2;2*1-2H3. The van der Waals surface area contributed by atoms with Crippen molar-refractivity contribution in [3.05, 3.63) is 71.8 Å². The van der Waals surface area contributed by atoms with E-state index in [9.17, 15) is 0 Å². The van der Waals surface area contributed by atoms with Crippen LogP contribution in [0, 0.1) is 0 Å². The fourth-order valence-corrected chi connectivity index (χ4v) is 3.12. The predicted octanol–water partition coefficient (Wildman–Crippen LogP) is 6.33. The van der Waals surface area contributed by atoms with Crippen LogP contribution < -0.4 is 0 Å². The summed E-state index contributed by atoms with van der Waals surface area (Å²) >= 11 is 0. The van der Waals surface area contributed by atoms with Gasteiger partial charge in [-0.15, -0.1) is 0 Å². The molecule has 0 radical (unpaired) electrons. The van der Waals surface area contributed by atoms with Crippen molar-refractivity contribution in [1.82, 2.24) is 4.90 Å². The maximum Gasteiger partial charge on any atom is 0.108 e. The van der Waals surface area contributed by atoms with Gasteiger partial charge in [0.25, 0.3) is 0 Å². The van der Waals surface area contributed by atoms with Crippen LogP contribution in [0.15, 0.2) is 60.7 Å². The van der Waals surface area contributed by atoms with E-state index in [-0.39, 0.29) is 6.10 Å². The van der Waals surface area contributed by atoms with Gasteiger partial charge < -0.3 is 9.64 Å². The number of ether oxygens (including phenoxy) is 1. The fourth-order valence-electron chi connectivity index (χ4n) is 3.12. The van der Waals surface area contributed by atoms with E-state index in [2.05, 4.69) is 65.6 Å². The molecule has 0 amide bonds. The molecule has 0 unspecified atom stereocenters. The zero-order valence-electron chi connectivity index (χ0n) is 17.2. The molecule has 1 aliphatic rings. The summed E-state index contributed by atoms with van der Waals surface area (Å²) in [4.78, 5) is 2.52. The van der Waals surface area contributed by atoms with E-state index in [4.69, 9.17) is 4.74 Å². The van der Waals surface area contributed by atoms with Gasteiger partial charge in [-0.1, -0.05) is 94.8 Å². The Morgan fingerprint density at radius 1 is 0.731 bits per heavy atom. The van der Waals surface area contributed by atoms with Crippen LogP contribution in [0.1, 0.15) is 64.2 Å². The first-order valence-electron chi connectivity index (χ1n) is 10.4. The molecule has 3 rings (SSSR count). The van der Waals surface area contributed by atoms with Crippen molar-refractivity contribution in [2.45, 2.75) is 53.1 Å². The Hall–Kier alpha value is -1.64. The zero-order chi connectivity index (χ0) is 19.0. The maximum atomic E-state index is 6.28. The molecular formula is C24H37NO. The minimum atomic E-state index is 0.0344. The third kappa shape index (κ3) is 7.72. The summed E-state index contributed by atoms with van der Waals surface area (Å²) in [5.74, 6) is 0. The molecule has 1 saturated heterocycles. The van der Waals surface area contributed by atoms with E-state index in [1.807, 2.05) is 27.7 Å². The second kappa shape index (κ2) is 14.5. The monoisotopic (exact) mass is 355 g/mol. The molecule has 2 heteroatoms. The minimum Gasteiger partial charge on any atom is -0.367 e. The lowest BCUT2D eigenvalue weighted by Crippen LogP contribution is -2.33. The molecule has 1 fully saturated rings. The molecule has 1 aliphatic heterocycles. The van der Waals surface area contributed by atoms with Crippen LogP contribution in [-0.2, 0) is 4.74 Å². The molecular weight excluding hydrogens is 318 g/mol. The van der Waals surface area contributed by atoms with E-state index in [0.29, 0.717) is 0 Å². The first-order valence-corrected chi connectivity index (χ1v) is 10.4. The van der Waals surface area contributed by atoms with Crippen LogP contribution in [0.3, 0.4) is 0 Å². The summed E-state index contributed by atoms with van der Waals surface area (Å²) in [5, 5.41) is 0. The van der Waals surface area contributed by atoms with Crippen LogP contribution in [0.5, 0.6) is 0 Å². The van der Waals surface area contributed by atoms with Crippen LogP contribution in [0.2, 0.25) is 0 Å². The molecule has 144 valence electrons. The molecule has 0 N–H and O–H groups in total. The van der Waals surface area contributed by atoms with Crippen molar-refractivity contribution < 1.29 is 4.74 Å². The van der Waals surface area contributed by atoms with Crippen molar-refractivity contribution in [1.29, 1.82) is 0 Å². The third-order valence-corrected chi connectivity index (χ3v) is 4.35. The lowest BCUT2D eigenvalue weighted by Gasteiger charge is -2.27. The molecule has 0 spiro atoms. The van der Waals surface area contributed by atoms with Gasteiger partial charge in [0.15, 0.2) is 0 Å². The topological polar surface area (TPSA) is 12.5 Å². The smallest absolute Gasteiger partial charge is 0.108 e. The van der Waals surface area contributed by atoms with E-state index in [1.54, 1.807) is 0 Å². The van der Waals surface area contributed by atoms with E-state index < -0.39 is 0 Å². The van der Waals surface area contributed by atoms with Crippen molar-refractivity contribution in [3.8, 4) is 0 Å². The first kappa shape index (κ1) is 22.4. The van der Waals surface area contributed by atoms with Gasteiger partial charge >= 0.3 is 0 Å². The summed E-state index contributed by atoms with van der Waals surface area (Å²) in [7, 11) is 0. The van der Waals surface area contributed by atoms with Crippen molar-refractivity contribution in [2.75, 3.05) is 26.2 Å². The Bertz CT molecular complexity index is 495. The molecule has 2 nitrogen and oxygen atoms in total. The molecule has 2 aromatic carbocycles. The first-order chi connectivity index (χ1) is 12.9. The number of hydrogen-bond acceptors (Lipinski definition) is 2. The number of piperidine rings is 1. The Morgan fingerprint density at radius 2 is 1.19 bits per heavy atom. The molecule has 0 bridgehead atoms. The van der Waals surface area contributed by atoms with E-state index >= 15 is 0 Å². The lowest BCUT2D eigenvalue weighted by atomic mass is 10.0. The summed E-state index contributed by atoms with van der Waals surface area (Å²) in [6.07, 6.45) is 4.09. The van der Waals surface area contributed by atoms with Gasteiger partial charge in [-0.25, -0.2) is 0 Å². The third-order valence-electron chi connectivity index (χ3n) is 4.35. The molecule has 2 aromatic rings. The predicted molar refractivity (Wildman–Crippen MR) is 114 cm³/mol. The Morgan fingerprint density at radius 3 is 1.65 bits per heavy atom. The largest absolute Gasteiger partial charge is 0.367 e. The second-order valence-electron chi connectivity index (χ2n) is 5.97. The summed E-state index contributed by atoms with van der Waals surface area (Å²) in [5.41, 5.74) is 2.46. The summed E-state index contributed by atoms with van der Waals surface area (Å²) in [6.45, 7) is 12.3. The van der Waals surface area contributed by atoms with Crippen molar-refractivity contribution >= 4 is 0 Å². The van der Waals surface area contributed by atoms with Crippen molar-refractivity contribution in [3.63, 3.8) is 0 Å². The second-order valence-corrected chi connectivity index (χ2v) is 5.97. The highest BCUT2D eigenvalue weighted by atomic mass is 16.5. The molecule has 0 atom stereocenters. The SMILES string of the molecule is CC.CC.c1ccc(C(OCCN2CCCCC2)c2ccccc2)cc1. The molecule has 26 heavy (non-hydrogen) atoms. The van der Waals surface area contributed by atoms with Gasteiger partial charge in [0.1, 0.15) is 6.10 Å². The normalized spacial score (nSPS) is 14.0. The highest BCUT2D eigenvalue weighted by molar-refractivity contribution is 5.29. The molecule has 0 saturated carbocycles. The minimum absolute atomic E-state index is 0.0344. The van der Waals surface area contributed by atoms with Gasteiger partial charge in [0.2, 0.25) is 0 Å². The Balaban J connectivity index is 0.000000791. The van der Waals surface area contributed by atoms with E-state index in [1.165, 1.54) is 43.5 Å². The van der Waals surface area contributed by atoms with Crippen molar-refractivity contribution in [2.24, 2.45) is 0 Å². The van der Waals surface area contributed by atoms with Gasteiger partial charge in [-0.2, -0.15) is 0 Å². The fraction of sp³-hybridized carbons (Fsp3) is 0.500. The molecule has 1 heterocycles. The average Bonchev–Trinajstić information content (AvgIpc) is 2.76. The van der Waals surface area contributed by atoms with Gasteiger partial charge in [-0.3, -0.25) is 0 Å². The zero-order valence-corrected chi connectivity index (χ0v) is 17.2. The van der Waals surface area contributed by atoms with Crippen LogP contribution in [0.25, 0.3) is 0 Å². The molecule has 0 aliphatic carbocycles. The van der Waals surface area contributed by atoms with E-state index in [0.717, 1.165) is 13.2 Å². The van der Waals surface area contributed by atoms with Crippen LogP contribution in [0.4, 0.5) is 0 Å². The number of benzene rings is 2. The van der Waals surface area contributed by atoms with Gasteiger partial charge in [-0.05, 0) is 37.1 Å². The number of rotatable bonds is 6. The average molecular weight is 356 g/mol. The van der Waals surface area contributed by atoms with Gasteiger partial charge in [0, 0.05) is 6.54 Å². The number of hydrogen-bond donors (Lipinski definition) is 0. The summed E-state index contributed by atoms with van der Waals surface area (Å²) < 4.78 is 6.28. The van der Waals surface area contributed by atoms with Crippen LogP contribution >= 0.6 is 0 Å².